The van der Waals surface area contributed by atoms with E-state index in [2.05, 4.69) is 15.1 Å². The summed E-state index contributed by atoms with van der Waals surface area (Å²) < 4.78 is 10.9. The Balaban J connectivity index is 2.60. The van der Waals surface area contributed by atoms with Crippen LogP contribution >= 0.6 is 0 Å². The lowest BCUT2D eigenvalue weighted by molar-refractivity contribution is 0.181. The molecule has 0 radical (unpaired) electrons. The van der Waals surface area contributed by atoms with E-state index in [0.717, 1.165) is 0 Å². The van der Waals surface area contributed by atoms with E-state index in [-0.39, 0.29) is 24.0 Å². The van der Waals surface area contributed by atoms with Gasteiger partial charge in [0.2, 0.25) is 0 Å². The molecule has 80 valence electrons. The highest BCUT2D eigenvalue weighted by atomic mass is 16.5. The molecule has 0 saturated carbocycles. The molecule has 0 bridgehead atoms. The van der Waals surface area contributed by atoms with Gasteiger partial charge in [-0.1, -0.05) is 0 Å². The van der Waals surface area contributed by atoms with Crippen LogP contribution in [0, 0.1) is 0 Å². The largest absolute Gasteiger partial charge is 0.467 e. The van der Waals surface area contributed by atoms with Crippen molar-refractivity contribution in [2.24, 2.45) is 0 Å². The van der Waals surface area contributed by atoms with Crippen molar-refractivity contribution in [3.8, 4) is 6.01 Å². The minimum atomic E-state index is -0.247. The van der Waals surface area contributed by atoms with Crippen LogP contribution in [0.15, 0.2) is 10.9 Å². The quantitative estimate of drug-likeness (QED) is 0.743. The summed E-state index contributed by atoms with van der Waals surface area (Å²) in [5, 5.41) is 2.65. The average Bonchev–Trinajstić information content (AvgIpc) is 2.62. The van der Waals surface area contributed by atoms with Crippen molar-refractivity contribution >= 4 is 5.78 Å². The molecule has 15 heavy (non-hydrogen) atoms. The van der Waals surface area contributed by atoms with Crippen LogP contribution in [0.25, 0.3) is 5.78 Å². The number of aromatic nitrogens is 4. The maximum absolute atomic E-state index is 11.5. The highest BCUT2D eigenvalue weighted by Gasteiger charge is 2.07. The lowest BCUT2D eigenvalue weighted by Gasteiger charge is -1.96. The molecule has 2 aromatic rings. The summed E-state index contributed by atoms with van der Waals surface area (Å²) in [6.07, 6.45) is 0. The number of methoxy groups -OCH3 is 2. The highest BCUT2D eigenvalue weighted by Crippen LogP contribution is 2.03. The fourth-order valence-electron chi connectivity index (χ4n) is 1.22. The molecule has 7 heteroatoms. The van der Waals surface area contributed by atoms with Crippen LogP contribution in [0.5, 0.6) is 6.01 Å². The lowest BCUT2D eigenvalue weighted by Crippen LogP contribution is -2.15. The van der Waals surface area contributed by atoms with Crippen molar-refractivity contribution in [1.82, 2.24) is 19.6 Å². The summed E-state index contributed by atoms with van der Waals surface area (Å²) in [4.78, 5) is 19.6. The molecule has 0 aliphatic carbocycles. The first-order valence-corrected chi connectivity index (χ1v) is 4.26. The van der Waals surface area contributed by atoms with Gasteiger partial charge in [0.1, 0.15) is 0 Å². The van der Waals surface area contributed by atoms with Gasteiger partial charge in [0.15, 0.2) is 0 Å². The van der Waals surface area contributed by atoms with E-state index >= 15 is 0 Å². The standard InChI is InChI=1S/C8H10N4O3/c1-14-4-5-3-6(13)12-7(9-5)10-8(11-12)15-2/h3H,4H2,1-2H3,(H,9,10,11). The Morgan fingerprint density at radius 1 is 1.47 bits per heavy atom. The molecule has 7 nitrogen and oxygen atoms in total. The van der Waals surface area contributed by atoms with Gasteiger partial charge in [-0.05, 0) is 0 Å². The number of aromatic amines is 1. The summed E-state index contributed by atoms with van der Waals surface area (Å²) in [5.74, 6) is 0.270. The molecule has 0 aliphatic heterocycles. The Morgan fingerprint density at radius 3 is 2.93 bits per heavy atom. The molecular formula is C8H10N4O3. The summed E-state index contributed by atoms with van der Waals surface area (Å²) >= 11 is 0. The molecule has 1 N–H and O–H groups in total. The van der Waals surface area contributed by atoms with Gasteiger partial charge < -0.3 is 9.47 Å². The van der Waals surface area contributed by atoms with E-state index in [4.69, 9.17) is 9.47 Å². The number of rotatable bonds is 3. The van der Waals surface area contributed by atoms with Crippen LogP contribution < -0.4 is 10.3 Å². The number of hydrogen-bond acceptors (Lipinski definition) is 5. The van der Waals surface area contributed by atoms with Gasteiger partial charge in [-0.3, -0.25) is 4.79 Å². The van der Waals surface area contributed by atoms with Crippen LogP contribution in [-0.4, -0.2) is 33.8 Å². The highest BCUT2D eigenvalue weighted by molar-refractivity contribution is 5.29. The second-order valence-corrected chi connectivity index (χ2v) is 2.89. The Hall–Kier alpha value is -1.89. The third-order valence-electron chi connectivity index (χ3n) is 1.85. The Morgan fingerprint density at radius 2 is 2.27 bits per heavy atom. The predicted octanol–water partition coefficient (Wildman–Crippen LogP) is -0.427. The normalized spacial score (nSPS) is 10.8. The molecular weight excluding hydrogens is 200 g/mol. The van der Waals surface area contributed by atoms with Crippen LogP contribution in [0.3, 0.4) is 0 Å². The van der Waals surface area contributed by atoms with E-state index in [1.165, 1.54) is 24.8 Å². The van der Waals surface area contributed by atoms with Crippen molar-refractivity contribution < 1.29 is 9.47 Å². The van der Waals surface area contributed by atoms with Gasteiger partial charge in [0.25, 0.3) is 11.3 Å². The molecule has 2 heterocycles. The summed E-state index contributed by atoms with van der Waals surface area (Å²) in [7, 11) is 2.99. The predicted molar refractivity (Wildman–Crippen MR) is 50.9 cm³/mol. The molecule has 0 amide bonds. The van der Waals surface area contributed by atoms with Crippen LogP contribution in [0.1, 0.15) is 5.69 Å². The maximum Gasteiger partial charge on any atom is 0.312 e. The SMILES string of the molecule is COCc1cc(=O)n2[nH]c(OC)nc2n1. The lowest BCUT2D eigenvalue weighted by atomic mass is 10.4. The molecule has 0 fully saturated rings. The van der Waals surface area contributed by atoms with Crippen molar-refractivity contribution in [3.05, 3.63) is 22.1 Å². The average molecular weight is 210 g/mol. The molecule has 0 saturated heterocycles. The van der Waals surface area contributed by atoms with Crippen molar-refractivity contribution in [2.45, 2.75) is 6.61 Å². The molecule has 2 aromatic heterocycles. The van der Waals surface area contributed by atoms with E-state index in [0.29, 0.717) is 5.69 Å². The first kappa shape index (κ1) is 9.66. The number of nitrogens with one attached hydrogen (secondary N) is 1. The van der Waals surface area contributed by atoms with Crippen molar-refractivity contribution in [3.63, 3.8) is 0 Å². The number of fused-ring (bicyclic) bond motifs is 1. The topological polar surface area (TPSA) is 81.5 Å². The smallest absolute Gasteiger partial charge is 0.312 e. The first-order valence-electron chi connectivity index (χ1n) is 4.26. The van der Waals surface area contributed by atoms with E-state index in [1.54, 1.807) is 0 Å². The molecule has 0 atom stereocenters. The summed E-state index contributed by atoms with van der Waals surface area (Å²) in [6, 6.07) is 1.63. The van der Waals surface area contributed by atoms with Crippen LogP contribution in [0.2, 0.25) is 0 Å². The minimum absolute atomic E-state index is 0.245. The monoisotopic (exact) mass is 210 g/mol. The number of nitrogens with zero attached hydrogens (tertiary/aromatic N) is 3. The van der Waals surface area contributed by atoms with Crippen molar-refractivity contribution in [1.29, 1.82) is 0 Å². The number of hydrogen-bond donors (Lipinski definition) is 1. The van der Waals surface area contributed by atoms with Gasteiger partial charge >= 0.3 is 6.01 Å². The second-order valence-electron chi connectivity index (χ2n) is 2.89. The third-order valence-corrected chi connectivity index (χ3v) is 1.85. The zero-order valence-electron chi connectivity index (χ0n) is 8.35. The van der Waals surface area contributed by atoms with E-state index < -0.39 is 0 Å². The number of H-pyrrole nitrogens is 1. The third kappa shape index (κ3) is 1.68. The van der Waals surface area contributed by atoms with Gasteiger partial charge in [0.05, 0.1) is 19.4 Å². The Bertz CT molecular complexity index is 530. The van der Waals surface area contributed by atoms with Gasteiger partial charge in [0, 0.05) is 13.2 Å². The Kier molecular flexibility index (Phi) is 2.38. The molecule has 0 aromatic carbocycles. The van der Waals surface area contributed by atoms with E-state index in [1.807, 2.05) is 0 Å². The summed E-state index contributed by atoms with van der Waals surface area (Å²) in [5.41, 5.74) is 0.291. The van der Waals surface area contributed by atoms with Gasteiger partial charge in [-0.15, -0.1) is 0 Å². The molecule has 2 rings (SSSR count). The molecule has 0 spiro atoms. The summed E-state index contributed by atoms with van der Waals surface area (Å²) in [6.45, 7) is 0.279. The molecule has 0 aliphatic rings. The second kappa shape index (κ2) is 3.70. The Labute approximate surface area is 84.7 Å². The molecule has 0 unspecified atom stereocenters. The maximum atomic E-state index is 11.5. The zero-order chi connectivity index (χ0) is 10.8. The first-order chi connectivity index (χ1) is 7.24. The fraction of sp³-hybridized carbons (Fsp3) is 0.375. The van der Waals surface area contributed by atoms with Crippen LogP contribution in [-0.2, 0) is 11.3 Å². The van der Waals surface area contributed by atoms with Crippen molar-refractivity contribution in [2.75, 3.05) is 14.2 Å². The minimum Gasteiger partial charge on any atom is -0.467 e. The van der Waals surface area contributed by atoms with Gasteiger partial charge in [-0.25, -0.2) is 10.1 Å². The zero-order valence-corrected chi connectivity index (χ0v) is 8.35. The number of ether oxygens (including phenoxy) is 2. The van der Waals surface area contributed by atoms with Gasteiger partial charge in [-0.2, -0.15) is 9.50 Å². The fourth-order valence-corrected chi connectivity index (χ4v) is 1.22. The van der Waals surface area contributed by atoms with E-state index in [9.17, 15) is 4.79 Å². The van der Waals surface area contributed by atoms with Crippen LogP contribution in [0.4, 0.5) is 0 Å².